The van der Waals surface area contributed by atoms with Crippen LogP contribution in [0.3, 0.4) is 0 Å². The molecule has 0 aliphatic rings. The van der Waals surface area contributed by atoms with Gasteiger partial charge in [-0.3, -0.25) is 0 Å². The number of ether oxygens (including phenoxy) is 1. The normalized spacial score (nSPS) is 11.1. The summed E-state index contributed by atoms with van der Waals surface area (Å²) in [6, 6.07) is 13.6. The highest BCUT2D eigenvalue weighted by Crippen LogP contribution is 2.31. The van der Waals surface area contributed by atoms with Crippen molar-refractivity contribution < 1.29 is 14.6 Å². The fourth-order valence-electron chi connectivity index (χ4n) is 2.15. The summed E-state index contributed by atoms with van der Waals surface area (Å²) in [5, 5.41) is 8.62. The van der Waals surface area contributed by atoms with Crippen LogP contribution in [0.15, 0.2) is 48.5 Å². The predicted molar refractivity (Wildman–Crippen MR) is 88.5 cm³/mol. The topological polar surface area (TPSA) is 46.5 Å². The molecule has 114 valence electrons. The van der Waals surface area contributed by atoms with Crippen LogP contribution >= 0.6 is 0 Å². The molecular weight excluding hydrogens is 276 g/mol. The molecule has 0 bridgehead atoms. The zero-order valence-corrected chi connectivity index (χ0v) is 13.0. The smallest absolute Gasteiger partial charge is 0.328 e. The number of rotatable bonds is 5. The Morgan fingerprint density at radius 2 is 1.82 bits per heavy atom. The summed E-state index contributed by atoms with van der Waals surface area (Å²) in [5.74, 6) is 1.03. The maximum absolute atomic E-state index is 10.5. The second-order valence-corrected chi connectivity index (χ2v) is 5.54. The van der Waals surface area contributed by atoms with Crippen LogP contribution in [0, 0.1) is 6.92 Å². The standard InChI is InChI=1S/C19H20O3/c1-13(2)17-10-4-14(3)12-18(17)22-16-8-5-15(6-9-16)7-11-19(20)21/h4-13H,1-3H3,(H,20,21). The number of aliphatic carboxylic acids is 1. The summed E-state index contributed by atoms with van der Waals surface area (Å²) in [6.45, 7) is 6.31. The van der Waals surface area contributed by atoms with Crippen molar-refractivity contribution in [3.8, 4) is 11.5 Å². The molecule has 0 heterocycles. The molecule has 0 spiro atoms. The van der Waals surface area contributed by atoms with Crippen LogP contribution in [0.5, 0.6) is 11.5 Å². The van der Waals surface area contributed by atoms with Crippen LogP contribution in [0.2, 0.25) is 0 Å². The Bertz CT molecular complexity index is 682. The Hall–Kier alpha value is -2.55. The molecule has 3 heteroatoms. The van der Waals surface area contributed by atoms with E-state index in [1.807, 2.05) is 37.3 Å². The predicted octanol–water partition coefficient (Wildman–Crippen LogP) is 5.01. The zero-order valence-electron chi connectivity index (χ0n) is 13.0. The Kier molecular flexibility index (Phi) is 4.99. The van der Waals surface area contributed by atoms with Gasteiger partial charge in [0.05, 0.1) is 0 Å². The van der Waals surface area contributed by atoms with E-state index in [0.29, 0.717) is 5.92 Å². The van der Waals surface area contributed by atoms with Crippen LogP contribution in [0.4, 0.5) is 0 Å². The lowest BCUT2D eigenvalue weighted by Crippen LogP contribution is -1.94. The number of carboxylic acid groups (broad SMARTS) is 1. The molecule has 22 heavy (non-hydrogen) atoms. The highest BCUT2D eigenvalue weighted by molar-refractivity contribution is 5.85. The van der Waals surface area contributed by atoms with Gasteiger partial charge in [-0.25, -0.2) is 4.79 Å². The summed E-state index contributed by atoms with van der Waals surface area (Å²) < 4.78 is 5.99. The minimum absolute atomic E-state index is 0.383. The highest BCUT2D eigenvalue weighted by Gasteiger charge is 2.09. The van der Waals surface area contributed by atoms with Gasteiger partial charge >= 0.3 is 5.97 Å². The molecule has 0 fully saturated rings. The highest BCUT2D eigenvalue weighted by atomic mass is 16.5. The van der Waals surface area contributed by atoms with Gasteiger partial charge in [-0.15, -0.1) is 0 Å². The van der Waals surface area contributed by atoms with Crippen LogP contribution in [0.25, 0.3) is 6.08 Å². The number of carbonyl (C=O) groups is 1. The van der Waals surface area contributed by atoms with E-state index in [2.05, 4.69) is 26.0 Å². The third-order valence-corrected chi connectivity index (χ3v) is 3.32. The van der Waals surface area contributed by atoms with Gasteiger partial charge in [0.25, 0.3) is 0 Å². The van der Waals surface area contributed by atoms with Gasteiger partial charge < -0.3 is 9.84 Å². The molecule has 0 saturated carbocycles. The molecule has 0 saturated heterocycles. The molecule has 2 rings (SSSR count). The first-order chi connectivity index (χ1) is 10.5. The van der Waals surface area contributed by atoms with Crippen LogP contribution in [0.1, 0.15) is 36.5 Å². The first kappa shape index (κ1) is 15.8. The van der Waals surface area contributed by atoms with Crippen molar-refractivity contribution in [2.24, 2.45) is 0 Å². The maximum atomic E-state index is 10.5. The third-order valence-electron chi connectivity index (χ3n) is 3.32. The van der Waals surface area contributed by atoms with E-state index < -0.39 is 5.97 Å². The molecule has 2 aromatic carbocycles. The van der Waals surface area contributed by atoms with Crippen molar-refractivity contribution in [3.05, 3.63) is 65.2 Å². The van der Waals surface area contributed by atoms with E-state index in [4.69, 9.17) is 9.84 Å². The van der Waals surface area contributed by atoms with Crippen molar-refractivity contribution in [1.29, 1.82) is 0 Å². The lowest BCUT2D eigenvalue weighted by atomic mass is 10.0. The lowest BCUT2D eigenvalue weighted by molar-refractivity contribution is -0.131. The summed E-state index contributed by atoms with van der Waals surface area (Å²) in [5.41, 5.74) is 3.14. The molecular formula is C19H20O3. The van der Waals surface area contributed by atoms with Gasteiger partial charge in [0.15, 0.2) is 0 Å². The van der Waals surface area contributed by atoms with Crippen LogP contribution < -0.4 is 4.74 Å². The second kappa shape index (κ2) is 6.94. The van der Waals surface area contributed by atoms with E-state index in [0.717, 1.165) is 28.7 Å². The molecule has 0 aliphatic carbocycles. The average molecular weight is 296 g/mol. The van der Waals surface area contributed by atoms with Gasteiger partial charge in [0.1, 0.15) is 11.5 Å². The van der Waals surface area contributed by atoms with E-state index in [-0.39, 0.29) is 0 Å². The Morgan fingerprint density at radius 1 is 1.14 bits per heavy atom. The van der Waals surface area contributed by atoms with Crippen LogP contribution in [-0.4, -0.2) is 11.1 Å². The van der Waals surface area contributed by atoms with E-state index in [9.17, 15) is 4.79 Å². The van der Waals surface area contributed by atoms with Crippen molar-refractivity contribution in [1.82, 2.24) is 0 Å². The molecule has 0 radical (unpaired) electrons. The summed E-state index contributed by atoms with van der Waals surface area (Å²) >= 11 is 0. The van der Waals surface area contributed by atoms with Gasteiger partial charge in [0, 0.05) is 6.08 Å². The summed E-state index contributed by atoms with van der Waals surface area (Å²) in [7, 11) is 0. The lowest BCUT2D eigenvalue weighted by Gasteiger charge is -2.14. The first-order valence-corrected chi connectivity index (χ1v) is 7.25. The Morgan fingerprint density at radius 3 is 2.41 bits per heavy atom. The van der Waals surface area contributed by atoms with Crippen molar-refractivity contribution in [2.45, 2.75) is 26.7 Å². The zero-order chi connectivity index (χ0) is 16.1. The van der Waals surface area contributed by atoms with Crippen molar-refractivity contribution in [2.75, 3.05) is 0 Å². The van der Waals surface area contributed by atoms with Crippen molar-refractivity contribution in [3.63, 3.8) is 0 Å². The summed E-state index contributed by atoms with van der Waals surface area (Å²) in [4.78, 5) is 10.5. The third kappa shape index (κ3) is 4.22. The monoisotopic (exact) mass is 296 g/mol. The van der Waals surface area contributed by atoms with Crippen molar-refractivity contribution >= 4 is 12.0 Å². The van der Waals surface area contributed by atoms with Gasteiger partial charge in [-0.1, -0.05) is 38.1 Å². The number of carboxylic acids is 1. The van der Waals surface area contributed by atoms with Gasteiger partial charge in [-0.2, -0.15) is 0 Å². The second-order valence-electron chi connectivity index (χ2n) is 5.54. The Labute approximate surface area is 130 Å². The number of benzene rings is 2. The fraction of sp³-hybridized carbons (Fsp3) is 0.211. The van der Waals surface area contributed by atoms with Gasteiger partial charge in [-0.05, 0) is 53.8 Å². The maximum Gasteiger partial charge on any atom is 0.328 e. The van der Waals surface area contributed by atoms with E-state index >= 15 is 0 Å². The first-order valence-electron chi connectivity index (χ1n) is 7.25. The molecule has 1 N–H and O–H groups in total. The molecule has 0 aromatic heterocycles. The molecule has 0 amide bonds. The summed E-state index contributed by atoms with van der Waals surface area (Å²) in [6.07, 6.45) is 2.67. The Balaban J connectivity index is 2.21. The molecule has 0 aliphatic heterocycles. The molecule has 0 unspecified atom stereocenters. The van der Waals surface area contributed by atoms with Gasteiger partial charge in [0.2, 0.25) is 0 Å². The molecule has 3 nitrogen and oxygen atoms in total. The SMILES string of the molecule is Cc1ccc(C(C)C)c(Oc2ccc(C=CC(=O)O)cc2)c1. The van der Waals surface area contributed by atoms with E-state index in [1.54, 1.807) is 6.08 Å². The minimum atomic E-state index is -0.957. The quantitative estimate of drug-likeness (QED) is 0.789. The fourth-order valence-corrected chi connectivity index (χ4v) is 2.15. The number of hydrogen-bond donors (Lipinski definition) is 1. The number of hydrogen-bond acceptors (Lipinski definition) is 2. The largest absolute Gasteiger partial charge is 0.478 e. The number of aryl methyl sites for hydroxylation is 1. The minimum Gasteiger partial charge on any atom is -0.478 e. The molecule has 0 atom stereocenters. The van der Waals surface area contributed by atoms with Crippen LogP contribution in [-0.2, 0) is 4.79 Å². The van der Waals surface area contributed by atoms with E-state index in [1.165, 1.54) is 5.56 Å². The average Bonchev–Trinajstić information content (AvgIpc) is 2.46. The molecule has 2 aromatic rings.